The highest BCUT2D eigenvalue weighted by Gasteiger charge is 2.44. The fraction of sp³-hybridized carbons (Fsp3) is 0.357. The number of benzene rings is 1. The summed E-state index contributed by atoms with van der Waals surface area (Å²) in [5.41, 5.74) is 2.32. The van der Waals surface area contributed by atoms with Gasteiger partial charge in [-0.05, 0) is 6.07 Å². The lowest BCUT2D eigenvalue weighted by atomic mass is 10.1. The van der Waals surface area contributed by atoms with Crippen molar-refractivity contribution in [2.75, 3.05) is 11.9 Å². The lowest BCUT2D eigenvalue weighted by Gasteiger charge is -2.19. The Bertz CT molecular complexity index is 558. The van der Waals surface area contributed by atoms with Crippen molar-refractivity contribution >= 4 is 11.9 Å². The van der Waals surface area contributed by atoms with E-state index in [0.717, 1.165) is 11.3 Å². The first-order valence-electron chi connectivity index (χ1n) is 6.42. The fourth-order valence-corrected chi connectivity index (χ4v) is 2.41. The first kappa shape index (κ1) is 13.3. The summed E-state index contributed by atoms with van der Waals surface area (Å²) in [5, 5.41) is 32.1. The van der Waals surface area contributed by atoms with Gasteiger partial charge in [0.05, 0.1) is 12.3 Å². The van der Waals surface area contributed by atoms with Crippen LogP contribution in [-0.4, -0.2) is 52.6 Å². The van der Waals surface area contributed by atoms with Gasteiger partial charge in [0.2, 0.25) is 0 Å². The third-order valence-corrected chi connectivity index (χ3v) is 3.52. The summed E-state index contributed by atoms with van der Waals surface area (Å²) < 4.78 is 5.49. The highest BCUT2D eigenvalue weighted by atomic mass is 16.6. The molecule has 0 aromatic heterocycles. The highest BCUT2D eigenvalue weighted by Crippen LogP contribution is 2.29. The topological polar surface area (TPSA) is 94.3 Å². The molecule has 4 N–H and O–H groups in total. The molecule has 1 saturated heterocycles. The molecule has 6 nitrogen and oxygen atoms in total. The van der Waals surface area contributed by atoms with Gasteiger partial charge in [-0.25, -0.2) is 0 Å². The van der Waals surface area contributed by atoms with Gasteiger partial charge in [-0.2, -0.15) is 0 Å². The monoisotopic (exact) mass is 276 g/mol. The number of aliphatic hydroxyl groups is 3. The molecule has 0 aliphatic carbocycles. The van der Waals surface area contributed by atoms with Crippen LogP contribution in [0.15, 0.2) is 41.2 Å². The van der Waals surface area contributed by atoms with E-state index in [1.54, 1.807) is 12.4 Å². The lowest BCUT2D eigenvalue weighted by molar-refractivity contribution is -0.0137. The van der Waals surface area contributed by atoms with Crippen molar-refractivity contribution in [1.29, 1.82) is 0 Å². The Morgan fingerprint density at radius 2 is 2.00 bits per heavy atom. The van der Waals surface area contributed by atoms with Gasteiger partial charge in [0.25, 0.3) is 0 Å². The van der Waals surface area contributed by atoms with Crippen LogP contribution in [0.3, 0.4) is 0 Å². The molecule has 0 radical (unpaired) electrons. The summed E-state index contributed by atoms with van der Waals surface area (Å²) in [4.78, 5) is 4.16. The number of anilines is 1. The minimum Gasteiger partial charge on any atom is -0.394 e. The van der Waals surface area contributed by atoms with E-state index in [9.17, 15) is 10.2 Å². The molecular weight excluding hydrogens is 260 g/mol. The number of aliphatic imine (C=N–C) groups is 1. The second-order valence-electron chi connectivity index (χ2n) is 4.83. The third-order valence-electron chi connectivity index (χ3n) is 3.52. The van der Waals surface area contributed by atoms with Gasteiger partial charge in [-0.3, -0.25) is 4.99 Å². The molecular formula is C14H16N2O4. The molecule has 1 fully saturated rings. The van der Waals surface area contributed by atoms with Crippen LogP contribution in [0.2, 0.25) is 0 Å². The molecule has 0 bridgehead atoms. The number of rotatable bonds is 2. The number of fused-ring (bicyclic) bond motifs is 1. The normalized spacial score (nSPS) is 32.2. The Kier molecular flexibility index (Phi) is 3.54. The molecule has 1 aromatic carbocycles. The van der Waals surface area contributed by atoms with E-state index < -0.39 is 24.4 Å². The van der Waals surface area contributed by atoms with Crippen molar-refractivity contribution in [2.45, 2.75) is 24.4 Å². The Morgan fingerprint density at radius 1 is 1.20 bits per heavy atom. The van der Waals surface area contributed by atoms with Crippen molar-refractivity contribution in [1.82, 2.24) is 0 Å². The molecule has 1 aromatic rings. The minimum absolute atomic E-state index is 0.345. The van der Waals surface area contributed by atoms with Gasteiger partial charge in [-0.1, -0.05) is 18.2 Å². The standard InChI is InChI=1S/C14H16N2O4/c17-7-11-12(18)13(19)14(20-11)10-6-15-5-8-3-1-2-4-9(8)16-10/h1-6,11-14,16-19H,7H2/t11-,12-,13-,14?/m1/s1. The predicted octanol–water partition coefficient (Wildman–Crippen LogP) is -0.146. The molecule has 6 heteroatoms. The number of nitrogens with one attached hydrogen (secondary N) is 1. The summed E-state index contributed by atoms with van der Waals surface area (Å²) in [7, 11) is 0. The number of para-hydroxylation sites is 1. The van der Waals surface area contributed by atoms with Crippen molar-refractivity contribution in [3.63, 3.8) is 0 Å². The Balaban J connectivity index is 1.86. The van der Waals surface area contributed by atoms with E-state index in [2.05, 4.69) is 10.3 Å². The smallest absolute Gasteiger partial charge is 0.128 e. The fourth-order valence-electron chi connectivity index (χ4n) is 2.41. The zero-order valence-electron chi connectivity index (χ0n) is 10.7. The van der Waals surface area contributed by atoms with E-state index in [-0.39, 0.29) is 6.61 Å². The van der Waals surface area contributed by atoms with Crippen LogP contribution < -0.4 is 5.32 Å². The minimum atomic E-state index is -1.12. The molecule has 4 atom stereocenters. The average molecular weight is 276 g/mol. The largest absolute Gasteiger partial charge is 0.394 e. The second-order valence-corrected chi connectivity index (χ2v) is 4.83. The van der Waals surface area contributed by atoms with E-state index in [4.69, 9.17) is 9.84 Å². The molecule has 20 heavy (non-hydrogen) atoms. The Morgan fingerprint density at radius 3 is 2.75 bits per heavy atom. The van der Waals surface area contributed by atoms with Crippen molar-refractivity contribution < 1.29 is 20.1 Å². The molecule has 106 valence electrons. The third kappa shape index (κ3) is 2.23. The number of nitrogens with zero attached hydrogens (tertiary/aromatic N) is 1. The van der Waals surface area contributed by atoms with E-state index in [0.29, 0.717) is 5.70 Å². The maximum atomic E-state index is 10.0. The number of aliphatic hydroxyl groups excluding tert-OH is 3. The van der Waals surface area contributed by atoms with E-state index in [1.165, 1.54) is 0 Å². The SMILES string of the molecule is OC[C@H]1OC(C2=CN=Cc3ccccc3N2)[C@H](O)[C@@H]1O. The van der Waals surface area contributed by atoms with Crippen LogP contribution in [0.25, 0.3) is 0 Å². The van der Waals surface area contributed by atoms with Crippen LogP contribution in [0.4, 0.5) is 5.69 Å². The summed E-state index contributed by atoms with van der Waals surface area (Å²) in [6.07, 6.45) is -0.496. The van der Waals surface area contributed by atoms with Crippen LogP contribution in [0.5, 0.6) is 0 Å². The molecule has 2 aliphatic rings. The molecule has 1 unspecified atom stereocenters. The van der Waals surface area contributed by atoms with Crippen LogP contribution in [0, 0.1) is 0 Å². The van der Waals surface area contributed by atoms with Gasteiger partial charge in [0.15, 0.2) is 0 Å². The zero-order valence-corrected chi connectivity index (χ0v) is 10.7. The predicted molar refractivity (Wildman–Crippen MR) is 73.5 cm³/mol. The molecule has 2 heterocycles. The molecule has 3 rings (SSSR count). The zero-order chi connectivity index (χ0) is 14.1. The summed E-state index contributed by atoms with van der Waals surface area (Å²) >= 11 is 0. The van der Waals surface area contributed by atoms with Gasteiger partial charge in [-0.15, -0.1) is 0 Å². The highest BCUT2D eigenvalue weighted by molar-refractivity contribution is 5.89. The van der Waals surface area contributed by atoms with E-state index in [1.807, 2.05) is 24.3 Å². The number of ether oxygens (including phenoxy) is 1. The Hall–Kier alpha value is -1.73. The maximum absolute atomic E-state index is 10.0. The molecule has 0 amide bonds. The van der Waals surface area contributed by atoms with Crippen molar-refractivity contribution in [2.24, 2.45) is 4.99 Å². The maximum Gasteiger partial charge on any atom is 0.128 e. The van der Waals surface area contributed by atoms with Crippen molar-refractivity contribution in [3.05, 3.63) is 41.7 Å². The van der Waals surface area contributed by atoms with Crippen LogP contribution in [-0.2, 0) is 4.74 Å². The number of hydrogen-bond donors (Lipinski definition) is 4. The quantitative estimate of drug-likeness (QED) is 0.603. The summed E-state index contributed by atoms with van der Waals surface area (Å²) in [6, 6.07) is 7.60. The summed E-state index contributed by atoms with van der Waals surface area (Å²) in [6.45, 7) is -0.345. The summed E-state index contributed by atoms with van der Waals surface area (Å²) in [5.74, 6) is 0. The van der Waals surface area contributed by atoms with E-state index >= 15 is 0 Å². The van der Waals surface area contributed by atoms with Crippen molar-refractivity contribution in [3.8, 4) is 0 Å². The second kappa shape index (κ2) is 5.34. The lowest BCUT2D eigenvalue weighted by Crippen LogP contribution is -2.35. The van der Waals surface area contributed by atoms with Crippen LogP contribution >= 0.6 is 0 Å². The molecule has 0 saturated carbocycles. The van der Waals surface area contributed by atoms with Gasteiger partial charge >= 0.3 is 0 Å². The number of hydrogen-bond acceptors (Lipinski definition) is 6. The van der Waals surface area contributed by atoms with Gasteiger partial charge in [0.1, 0.15) is 24.4 Å². The molecule has 0 spiro atoms. The first-order chi connectivity index (χ1) is 9.70. The van der Waals surface area contributed by atoms with Crippen LogP contribution in [0.1, 0.15) is 5.56 Å². The average Bonchev–Trinajstić information content (AvgIpc) is 2.66. The van der Waals surface area contributed by atoms with Gasteiger partial charge in [0, 0.05) is 23.7 Å². The molecule has 2 aliphatic heterocycles. The first-order valence-corrected chi connectivity index (χ1v) is 6.42. The Labute approximate surface area is 116 Å². The van der Waals surface area contributed by atoms with Gasteiger partial charge < -0.3 is 25.4 Å².